The molecule has 0 bridgehead atoms. The van der Waals surface area contributed by atoms with Gasteiger partial charge in [0.15, 0.2) is 0 Å². The Kier molecular flexibility index (Phi) is 5.57. The van der Waals surface area contributed by atoms with Gasteiger partial charge in [-0.25, -0.2) is 13.1 Å². The van der Waals surface area contributed by atoms with Gasteiger partial charge in [0.25, 0.3) is 5.91 Å². The second-order valence-electron chi connectivity index (χ2n) is 7.76. The highest BCUT2D eigenvalue weighted by molar-refractivity contribution is 7.90. The normalized spacial score (nSPS) is 14.4. The number of nitrogens with zero attached hydrogens (tertiary/aromatic N) is 2. The molecule has 2 N–H and O–H groups in total. The van der Waals surface area contributed by atoms with Gasteiger partial charge in [0.1, 0.15) is 0 Å². The fourth-order valence-electron chi connectivity index (χ4n) is 3.32. The maximum Gasteiger partial charge on any atom is 0.257 e. The number of rotatable bonds is 7. The molecule has 158 valence electrons. The van der Waals surface area contributed by atoms with Gasteiger partial charge >= 0.3 is 0 Å². The van der Waals surface area contributed by atoms with E-state index in [1.165, 1.54) is 0 Å². The van der Waals surface area contributed by atoms with Gasteiger partial charge in [0, 0.05) is 18.0 Å². The van der Waals surface area contributed by atoms with E-state index >= 15 is 0 Å². The molecule has 1 heterocycles. The first-order chi connectivity index (χ1) is 14.3. The number of amides is 1. The van der Waals surface area contributed by atoms with E-state index in [9.17, 15) is 13.2 Å². The Morgan fingerprint density at radius 3 is 2.73 bits per heavy atom. The number of nitrogens with one attached hydrogen (secondary N) is 2. The van der Waals surface area contributed by atoms with Crippen LogP contribution >= 0.6 is 11.6 Å². The molecule has 3 aromatic rings. The number of hydrogen-bond donors (Lipinski definition) is 2. The van der Waals surface area contributed by atoms with Gasteiger partial charge < -0.3 is 5.32 Å². The summed E-state index contributed by atoms with van der Waals surface area (Å²) >= 11 is 6.26. The molecule has 1 saturated carbocycles. The molecule has 9 heteroatoms. The van der Waals surface area contributed by atoms with Crippen molar-refractivity contribution in [2.75, 3.05) is 5.32 Å². The van der Waals surface area contributed by atoms with Gasteiger partial charge in [0.05, 0.1) is 33.2 Å². The summed E-state index contributed by atoms with van der Waals surface area (Å²) in [5.74, 6) is -0.364. The third kappa shape index (κ3) is 4.21. The Bertz CT molecular complexity index is 1220. The number of carbonyl (C=O) groups excluding carboxylic acids is 1. The van der Waals surface area contributed by atoms with Gasteiger partial charge in [-0.15, -0.1) is 0 Å². The van der Waals surface area contributed by atoms with Crippen LogP contribution in [0.2, 0.25) is 5.02 Å². The Hall–Kier alpha value is -2.42. The fraction of sp³-hybridized carbons (Fsp3) is 0.333. The number of halogens is 1. The third-order valence-corrected chi connectivity index (χ3v) is 7.32. The van der Waals surface area contributed by atoms with Crippen molar-refractivity contribution in [1.29, 1.82) is 0 Å². The van der Waals surface area contributed by atoms with Crippen molar-refractivity contribution >= 4 is 44.1 Å². The molecular weight excluding hydrogens is 424 g/mol. The van der Waals surface area contributed by atoms with Crippen LogP contribution in [0.15, 0.2) is 42.6 Å². The summed E-state index contributed by atoms with van der Waals surface area (Å²) in [6.45, 7) is 4.20. The van der Waals surface area contributed by atoms with E-state index < -0.39 is 10.0 Å². The first-order valence-electron chi connectivity index (χ1n) is 9.81. The molecule has 2 aromatic carbocycles. The summed E-state index contributed by atoms with van der Waals surface area (Å²) in [6.07, 6.45) is 3.13. The van der Waals surface area contributed by atoms with Crippen LogP contribution in [0.1, 0.15) is 48.7 Å². The predicted octanol–water partition coefficient (Wildman–Crippen LogP) is 4.10. The van der Waals surface area contributed by atoms with Crippen molar-refractivity contribution < 1.29 is 13.2 Å². The number of anilines is 1. The number of benzene rings is 2. The molecule has 0 radical (unpaired) electrons. The fourth-order valence-corrected chi connectivity index (χ4v) is 4.88. The van der Waals surface area contributed by atoms with Crippen LogP contribution in [0.5, 0.6) is 0 Å². The molecule has 1 fully saturated rings. The van der Waals surface area contributed by atoms with Crippen LogP contribution in [-0.4, -0.2) is 29.4 Å². The average molecular weight is 447 g/mol. The molecule has 0 unspecified atom stereocenters. The van der Waals surface area contributed by atoms with Crippen molar-refractivity contribution in [2.24, 2.45) is 0 Å². The smallest absolute Gasteiger partial charge is 0.257 e. The molecule has 7 nitrogen and oxygen atoms in total. The van der Waals surface area contributed by atoms with Gasteiger partial charge in [-0.2, -0.15) is 5.10 Å². The van der Waals surface area contributed by atoms with Gasteiger partial charge in [-0.05, 0) is 56.5 Å². The molecule has 0 atom stereocenters. The molecule has 30 heavy (non-hydrogen) atoms. The average Bonchev–Trinajstić information content (AvgIpc) is 3.47. The van der Waals surface area contributed by atoms with Gasteiger partial charge in [0.2, 0.25) is 10.0 Å². The summed E-state index contributed by atoms with van der Waals surface area (Å²) in [5.41, 5.74) is 2.52. The first-order valence-corrected chi connectivity index (χ1v) is 11.7. The molecule has 0 saturated heterocycles. The maximum atomic E-state index is 12.9. The highest BCUT2D eigenvalue weighted by Crippen LogP contribution is 2.28. The number of fused-ring (bicyclic) bond motifs is 1. The van der Waals surface area contributed by atoms with Crippen LogP contribution in [-0.2, 0) is 16.6 Å². The minimum absolute atomic E-state index is 0.118. The van der Waals surface area contributed by atoms with Gasteiger partial charge in [-0.1, -0.05) is 23.7 Å². The monoisotopic (exact) mass is 446 g/mol. The minimum atomic E-state index is -3.30. The van der Waals surface area contributed by atoms with Crippen LogP contribution in [0, 0.1) is 0 Å². The van der Waals surface area contributed by atoms with Crippen molar-refractivity contribution in [3.05, 3.63) is 58.7 Å². The van der Waals surface area contributed by atoms with E-state index in [-0.39, 0.29) is 29.3 Å². The highest BCUT2D eigenvalue weighted by atomic mass is 35.5. The van der Waals surface area contributed by atoms with E-state index in [1.807, 2.05) is 36.7 Å². The Balaban J connectivity index is 1.55. The Morgan fingerprint density at radius 2 is 2.03 bits per heavy atom. The van der Waals surface area contributed by atoms with Crippen LogP contribution in [0.3, 0.4) is 0 Å². The number of sulfonamides is 1. The zero-order valence-electron chi connectivity index (χ0n) is 16.7. The lowest BCUT2D eigenvalue weighted by Crippen LogP contribution is -2.26. The van der Waals surface area contributed by atoms with E-state index in [4.69, 9.17) is 11.6 Å². The number of aromatic nitrogens is 2. The summed E-state index contributed by atoms with van der Waals surface area (Å²) in [7, 11) is -3.30. The molecule has 1 aliphatic carbocycles. The summed E-state index contributed by atoms with van der Waals surface area (Å²) in [4.78, 5) is 12.9. The summed E-state index contributed by atoms with van der Waals surface area (Å²) in [6, 6.07) is 10.8. The van der Waals surface area contributed by atoms with Crippen molar-refractivity contribution in [3.63, 3.8) is 0 Å². The van der Waals surface area contributed by atoms with E-state index in [2.05, 4.69) is 15.1 Å². The molecule has 0 aliphatic heterocycles. The Labute approximate surface area is 180 Å². The lowest BCUT2D eigenvalue weighted by atomic mass is 10.1. The van der Waals surface area contributed by atoms with E-state index in [1.54, 1.807) is 24.4 Å². The minimum Gasteiger partial charge on any atom is -0.321 e. The van der Waals surface area contributed by atoms with Crippen molar-refractivity contribution in [2.45, 2.75) is 44.5 Å². The highest BCUT2D eigenvalue weighted by Gasteiger charge is 2.35. The molecule has 1 aromatic heterocycles. The van der Waals surface area contributed by atoms with Crippen molar-refractivity contribution in [3.8, 4) is 0 Å². The van der Waals surface area contributed by atoms with Crippen molar-refractivity contribution in [1.82, 2.24) is 14.5 Å². The van der Waals surface area contributed by atoms with E-state index in [0.29, 0.717) is 29.1 Å². The zero-order chi connectivity index (χ0) is 21.5. The van der Waals surface area contributed by atoms with Crippen LogP contribution in [0.4, 0.5) is 5.69 Å². The zero-order valence-corrected chi connectivity index (χ0v) is 18.3. The van der Waals surface area contributed by atoms with E-state index in [0.717, 1.165) is 10.9 Å². The lowest BCUT2D eigenvalue weighted by Gasteiger charge is -2.11. The van der Waals surface area contributed by atoms with Gasteiger partial charge in [-0.3, -0.25) is 9.48 Å². The maximum absolute atomic E-state index is 12.9. The summed E-state index contributed by atoms with van der Waals surface area (Å²) < 4.78 is 28.6. The van der Waals surface area contributed by atoms with Crippen LogP contribution in [0.25, 0.3) is 10.9 Å². The standard InChI is InChI=1S/C21H23ClN4O3S/c1-13(2)26-20-5-3-4-19(17(20)12-23-26)25-21(27)16-10-14(6-9-18(16)22)11-24-30(28,29)15-7-8-15/h3-6,9-10,12-13,15,24H,7-8,11H2,1-2H3,(H,25,27). The molecule has 1 aliphatic rings. The molecular formula is C21H23ClN4O3S. The number of carbonyl (C=O) groups is 1. The van der Waals surface area contributed by atoms with Crippen LogP contribution < -0.4 is 10.0 Å². The second-order valence-corrected chi connectivity index (χ2v) is 10.2. The second kappa shape index (κ2) is 8.02. The molecule has 1 amide bonds. The SMILES string of the molecule is CC(C)n1ncc2c(NC(=O)c3cc(CNS(=O)(=O)C4CC4)ccc3Cl)cccc21. The topological polar surface area (TPSA) is 93.1 Å². The molecule has 0 spiro atoms. The first kappa shape index (κ1) is 20.8. The largest absolute Gasteiger partial charge is 0.321 e. The quantitative estimate of drug-likeness (QED) is 0.571. The predicted molar refractivity (Wildman–Crippen MR) is 118 cm³/mol. The Morgan fingerprint density at radius 1 is 1.27 bits per heavy atom. The summed E-state index contributed by atoms with van der Waals surface area (Å²) in [5, 5.41) is 8.16. The lowest BCUT2D eigenvalue weighted by molar-refractivity contribution is 0.102. The third-order valence-electron chi connectivity index (χ3n) is 5.09. The number of hydrogen-bond acceptors (Lipinski definition) is 4. The molecule has 4 rings (SSSR count).